The third-order valence-electron chi connectivity index (χ3n) is 8.99. The van der Waals surface area contributed by atoms with Gasteiger partial charge in [-0.2, -0.15) is 0 Å². The number of carbonyl (C=O) groups is 2. The van der Waals surface area contributed by atoms with Crippen LogP contribution in [0.15, 0.2) is 36.5 Å². The Bertz CT molecular complexity index is 1150. The zero-order valence-corrected chi connectivity index (χ0v) is 37.0. The van der Waals surface area contributed by atoms with Gasteiger partial charge in [0.2, 0.25) is 0 Å². The van der Waals surface area contributed by atoms with Gasteiger partial charge >= 0.3 is 27.6 Å². The maximum absolute atomic E-state index is 12.6. The highest BCUT2D eigenvalue weighted by molar-refractivity contribution is 7.47. The molecule has 0 aliphatic carbocycles. The van der Waals surface area contributed by atoms with Gasteiger partial charge in [0, 0.05) is 12.8 Å². The number of hydrogen-bond acceptors (Lipinski definition) is 10. The molecule has 334 valence electrons. The second-order valence-corrected chi connectivity index (χ2v) is 17.3. The van der Waals surface area contributed by atoms with Gasteiger partial charge in [0.15, 0.2) is 6.10 Å². The van der Waals surface area contributed by atoms with Crippen LogP contribution in [-0.4, -0.2) is 70.4 Å². The van der Waals surface area contributed by atoms with Gasteiger partial charge in [0.25, 0.3) is 0 Å². The lowest BCUT2D eigenvalue weighted by Gasteiger charge is -2.20. The van der Waals surface area contributed by atoms with Crippen molar-refractivity contribution in [3.63, 3.8) is 0 Å². The van der Waals surface area contributed by atoms with E-state index in [0.717, 1.165) is 77.0 Å². The fraction of sp³-hybridized carbons (Fsp3) is 0.810. The van der Waals surface area contributed by atoms with Gasteiger partial charge < -0.3 is 29.3 Å². The first-order valence-electron chi connectivity index (χ1n) is 21.7. The number of allylic oxidation sites excluding steroid dienone is 6. The molecule has 3 atom stereocenters. The van der Waals surface area contributed by atoms with E-state index >= 15 is 0 Å². The van der Waals surface area contributed by atoms with Crippen LogP contribution in [-0.2, 0) is 41.8 Å². The van der Waals surface area contributed by atoms with Crippen molar-refractivity contribution in [1.29, 1.82) is 0 Å². The highest BCUT2D eigenvalue weighted by Gasteiger charge is 2.28. The van der Waals surface area contributed by atoms with Gasteiger partial charge in [-0.15, -0.1) is 0 Å². The second-order valence-electron chi connectivity index (χ2n) is 14.6. The van der Waals surface area contributed by atoms with Gasteiger partial charge in [-0.3, -0.25) is 23.2 Å². The minimum atomic E-state index is -4.86. The largest absolute Gasteiger partial charge is 0.472 e. The maximum Gasteiger partial charge on any atom is 0.472 e. The molecule has 0 spiro atoms. The molecule has 0 aliphatic rings. The van der Waals surface area contributed by atoms with Crippen LogP contribution in [0.3, 0.4) is 0 Å². The number of aliphatic hydroxyl groups is 1. The lowest BCUT2D eigenvalue weighted by molar-refractivity contribution is -0.161. The van der Waals surface area contributed by atoms with Gasteiger partial charge in [0.05, 0.1) is 19.8 Å². The molecule has 0 saturated carbocycles. The van der Waals surface area contributed by atoms with Crippen molar-refractivity contribution in [2.75, 3.05) is 26.4 Å². The van der Waals surface area contributed by atoms with Gasteiger partial charge in [0.1, 0.15) is 12.7 Å². The zero-order chi connectivity index (χ0) is 42.3. The van der Waals surface area contributed by atoms with Crippen LogP contribution in [0, 0.1) is 0 Å². The quantitative estimate of drug-likeness (QED) is 0.0196. The minimum absolute atomic E-state index is 0.115. The Morgan fingerprint density at radius 1 is 0.509 bits per heavy atom. The topological polar surface area (TPSA) is 195 Å². The number of phosphoric acid groups is 2. The summed E-state index contributed by atoms with van der Waals surface area (Å²) in [6.45, 7) is 1.71. The molecule has 13 nitrogen and oxygen atoms in total. The molecule has 15 heteroatoms. The smallest absolute Gasteiger partial charge is 0.462 e. The van der Waals surface area contributed by atoms with Gasteiger partial charge in [-0.25, -0.2) is 9.13 Å². The van der Waals surface area contributed by atoms with Crippen molar-refractivity contribution in [2.24, 2.45) is 0 Å². The normalized spacial score (nSPS) is 14.4. The Morgan fingerprint density at radius 3 is 1.44 bits per heavy atom. The third-order valence-corrected chi connectivity index (χ3v) is 10.4. The van der Waals surface area contributed by atoms with E-state index < -0.39 is 66.2 Å². The molecule has 0 aromatic rings. The average Bonchev–Trinajstić information content (AvgIpc) is 3.17. The van der Waals surface area contributed by atoms with Crippen LogP contribution >= 0.6 is 15.6 Å². The van der Waals surface area contributed by atoms with E-state index in [2.05, 4.69) is 59.4 Å². The first-order valence-corrected chi connectivity index (χ1v) is 24.7. The average molecular weight is 853 g/mol. The zero-order valence-electron chi connectivity index (χ0n) is 35.2. The summed E-state index contributed by atoms with van der Waals surface area (Å²) in [4.78, 5) is 52.6. The number of aliphatic hydroxyl groups excluding tert-OH is 1. The first-order chi connectivity index (χ1) is 27.4. The van der Waals surface area contributed by atoms with E-state index in [1.165, 1.54) is 64.2 Å². The van der Waals surface area contributed by atoms with E-state index in [-0.39, 0.29) is 12.8 Å². The van der Waals surface area contributed by atoms with Crippen molar-refractivity contribution in [2.45, 2.75) is 193 Å². The molecule has 57 heavy (non-hydrogen) atoms. The van der Waals surface area contributed by atoms with Crippen LogP contribution in [0.1, 0.15) is 181 Å². The molecule has 0 fully saturated rings. The van der Waals surface area contributed by atoms with Crippen LogP contribution in [0.25, 0.3) is 0 Å². The lowest BCUT2D eigenvalue weighted by Crippen LogP contribution is -2.30. The fourth-order valence-corrected chi connectivity index (χ4v) is 6.82. The molecule has 0 aromatic heterocycles. The number of carbonyl (C=O) groups excluding carboxylic acids is 2. The molecular weight excluding hydrogens is 774 g/mol. The second kappa shape index (κ2) is 38.5. The van der Waals surface area contributed by atoms with Crippen LogP contribution < -0.4 is 0 Å². The summed E-state index contributed by atoms with van der Waals surface area (Å²) in [7, 11) is -9.67. The number of rotatable bonds is 41. The van der Waals surface area contributed by atoms with Crippen molar-refractivity contribution in [3.05, 3.63) is 36.5 Å². The van der Waals surface area contributed by atoms with Crippen molar-refractivity contribution >= 4 is 27.6 Å². The number of unbranched alkanes of at least 4 members (excludes halogenated alkanes) is 19. The molecule has 0 bridgehead atoms. The monoisotopic (exact) mass is 852 g/mol. The first kappa shape index (κ1) is 55.3. The molecule has 1 unspecified atom stereocenters. The van der Waals surface area contributed by atoms with Crippen LogP contribution in [0.5, 0.6) is 0 Å². The fourth-order valence-electron chi connectivity index (χ4n) is 5.67. The summed E-state index contributed by atoms with van der Waals surface area (Å²) >= 11 is 0. The Balaban J connectivity index is 4.55. The summed E-state index contributed by atoms with van der Waals surface area (Å²) in [6, 6.07) is 0. The number of esters is 2. The number of hydrogen-bond donors (Lipinski definition) is 4. The molecule has 0 radical (unpaired) electrons. The third kappa shape index (κ3) is 42.3. The highest BCUT2D eigenvalue weighted by Crippen LogP contribution is 2.43. The van der Waals surface area contributed by atoms with Crippen LogP contribution in [0.4, 0.5) is 0 Å². The number of phosphoric ester groups is 2. The summed E-state index contributed by atoms with van der Waals surface area (Å²) in [5.74, 6) is -1.05. The minimum Gasteiger partial charge on any atom is -0.462 e. The Hall–Kier alpha value is -1.66. The molecule has 0 amide bonds. The van der Waals surface area contributed by atoms with E-state index in [1.54, 1.807) is 0 Å². The Morgan fingerprint density at radius 2 is 0.912 bits per heavy atom. The van der Waals surface area contributed by atoms with Gasteiger partial charge in [-0.1, -0.05) is 134 Å². The molecule has 0 aliphatic heterocycles. The lowest BCUT2D eigenvalue weighted by atomic mass is 10.1. The number of ether oxygens (including phenoxy) is 2. The van der Waals surface area contributed by atoms with E-state index in [1.807, 2.05) is 0 Å². The van der Waals surface area contributed by atoms with E-state index in [4.69, 9.17) is 23.8 Å². The molecule has 0 rings (SSSR count). The summed E-state index contributed by atoms with van der Waals surface area (Å²) in [5, 5.41) is 9.74. The SMILES string of the molecule is CCCCC/C=C\C/C=C\CCCCCCCC(=O)O[C@H](COC(=O)CCCCCCCCC/C=C\CCCCCC)COP(=O)(O)OC[C@@H](O)COP(=O)(O)O. The predicted octanol–water partition coefficient (Wildman–Crippen LogP) is 10.9. The van der Waals surface area contributed by atoms with Crippen molar-refractivity contribution in [1.82, 2.24) is 0 Å². The predicted molar refractivity (Wildman–Crippen MR) is 225 cm³/mol. The summed E-state index contributed by atoms with van der Waals surface area (Å²) in [6.07, 6.45) is 37.0. The van der Waals surface area contributed by atoms with Crippen molar-refractivity contribution in [3.8, 4) is 0 Å². The summed E-state index contributed by atoms with van der Waals surface area (Å²) < 4.78 is 47.7. The van der Waals surface area contributed by atoms with E-state index in [0.29, 0.717) is 12.8 Å². The molecule has 0 aromatic carbocycles. The Labute approximate surface area is 344 Å². The molecule has 0 heterocycles. The molecular formula is C42H78O13P2. The van der Waals surface area contributed by atoms with Gasteiger partial charge in [-0.05, 0) is 70.6 Å². The molecule has 4 N–H and O–H groups in total. The molecule has 0 saturated heterocycles. The Kier molecular flexibility index (Phi) is 37.4. The maximum atomic E-state index is 12.6. The van der Waals surface area contributed by atoms with Crippen molar-refractivity contribution < 1.29 is 61.6 Å². The van der Waals surface area contributed by atoms with E-state index in [9.17, 15) is 28.7 Å². The standard InChI is InChI=1S/C42H78O13P2/c1-3-5-7-9-11-13-15-17-19-21-23-25-27-29-31-33-41(44)51-37-40(38-54-57(49,50)53-36-39(43)35-52-56(46,47)48)55-42(45)34-32-30-28-26-24-22-20-18-16-14-12-10-8-6-4-2/h12-15,18,20,39-40,43H,3-11,16-17,19,21-38H2,1-2H3,(H,49,50)(H2,46,47,48)/b14-12-,15-13-,20-18-/t39-,40+/m0/s1. The highest BCUT2D eigenvalue weighted by atomic mass is 31.2. The summed E-state index contributed by atoms with van der Waals surface area (Å²) in [5.41, 5.74) is 0. The van der Waals surface area contributed by atoms with Crippen LogP contribution in [0.2, 0.25) is 0 Å².